The van der Waals surface area contributed by atoms with Crippen LogP contribution in [-0.4, -0.2) is 33.6 Å². The minimum atomic E-state index is -0.285. The van der Waals surface area contributed by atoms with E-state index in [-0.39, 0.29) is 5.91 Å². The largest absolute Gasteiger partial charge is 0.493 e. The van der Waals surface area contributed by atoms with E-state index in [1.54, 1.807) is 32.4 Å². The van der Waals surface area contributed by atoms with Gasteiger partial charge in [0.2, 0.25) is 6.41 Å². The molecule has 0 heterocycles. The molecule has 138 valence electrons. The summed E-state index contributed by atoms with van der Waals surface area (Å²) in [5, 5.41) is 4.65. The van der Waals surface area contributed by atoms with Crippen LogP contribution in [0, 0.1) is 0 Å². The molecule has 0 aliphatic carbocycles. The van der Waals surface area contributed by atoms with Crippen LogP contribution < -0.4 is 19.7 Å². The van der Waals surface area contributed by atoms with E-state index in [1.807, 2.05) is 36.4 Å². The highest BCUT2D eigenvalue weighted by molar-refractivity contribution is 6.13. The summed E-state index contributed by atoms with van der Waals surface area (Å²) in [6.45, 7) is 0. The molecule has 3 aromatic carbocycles. The lowest BCUT2D eigenvalue weighted by atomic mass is 10.1. The summed E-state index contributed by atoms with van der Waals surface area (Å²) in [4.78, 5) is 25.5. The molecule has 0 saturated heterocycles. The molecule has 1 N–H and O–H groups in total. The number of hydrogen-bond acceptors (Lipinski definition) is 4. The van der Waals surface area contributed by atoms with Crippen LogP contribution in [-0.2, 0) is 4.79 Å². The van der Waals surface area contributed by atoms with Crippen LogP contribution in [0.2, 0.25) is 0 Å². The lowest BCUT2D eigenvalue weighted by Gasteiger charge is -2.17. The molecule has 3 rings (SSSR count). The summed E-state index contributed by atoms with van der Waals surface area (Å²) >= 11 is 0. The third-order valence-electron chi connectivity index (χ3n) is 4.31. The third kappa shape index (κ3) is 3.55. The number of anilines is 2. The molecule has 0 radical (unpaired) electrons. The Hall–Kier alpha value is -3.54. The van der Waals surface area contributed by atoms with Gasteiger partial charge in [0.1, 0.15) is 0 Å². The number of fused-ring (bicyclic) bond motifs is 1. The summed E-state index contributed by atoms with van der Waals surface area (Å²) in [5.74, 6) is 0.741. The normalized spacial score (nSPS) is 10.3. The standard InChI is InChI=1S/C21H20N2O4/c1-23(13-24)17-9-5-7-14-6-4-8-16(20(14)17)22-21(25)15-10-11-18(26-2)19(12-15)27-3/h4-13H,1-3H3,(H,22,25). The molecular formula is C21H20N2O4. The number of amides is 2. The first-order valence-corrected chi connectivity index (χ1v) is 8.32. The van der Waals surface area contributed by atoms with E-state index >= 15 is 0 Å². The first-order chi connectivity index (χ1) is 13.1. The summed E-state index contributed by atoms with van der Waals surface area (Å²) in [5.41, 5.74) is 1.77. The molecule has 0 bridgehead atoms. The maximum atomic E-state index is 12.8. The van der Waals surface area contributed by atoms with Crippen molar-refractivity contribution in [3.8, 4) is 11.5 Å². The SMILES string of the molecule is COc1ccc(C(=O)Nc2cccc3cccc(N(C)C=O)c23)cc1OC. The Labute approximate surface area is 157 Å². The molecule has 0 saturated carbocycles. The zero-order valence-corrected chi connectivity index (χ0v) is 15.4. The molecule has 0 fully saturated rings. The van der Waals surface area contributed by atoms with Crippen LogP contribution in [0.4, 0.5) is 11.4 Å². The van der Waals surface area contributed by atoms with Crippen molar-refractivity contribution in [2.75, 3.05) is 31.5 Å². The maximum absolute atomic E-state index is 12.8. The number of ether oxygens (including phenoxy) is 2. The molecule has 0 spiro atoms. The van der Waals surface area contributed by atoms with E-state index in [9.17, 15) is 9.59 Å². The van der Waals surface area contributed by atoms with Crippen molar-refractivity contribution >= 4 is 34.5 Å². The van der Waals surface area contributed by atoms with Crippen LogP contribution in [0.15, 0.2) is 54.6 Å². The van der Waals surface area contributed by atoms with Gasteiger partial charge in [0.05, 0.1) is 25.6 Å². The number of carbonyl (C=O) groups is 2. The van der Waals surface area contributed by atoms with Gasteiger partial charge in [-0.05, 0) is 35.7 Å². The molecule has 3 aromatic rings. The first-order valence-electron chi connectivity index (χ1n) is 8.32. The smallest absolute Gasteiger partial charge is 0.255 e. The molecule has 0 atom stereocenters. The minimum absolute atomic E-state index is 0.285. The predicted molar refractivity (Wildman–Crippen MR) is 106 cm³/mol. The van der Waals surface area contributed by atoms with Crippen LogP contribution in [0.5, 0.6) is 11.5 Å². The zero-order chi connectivity index (χ0) is 19.4. The van der Waals surface area contributed by atoms with Crippen molar-refractivity contribution in [3.63, 3.8) is 0 Å². The minimum Gasteiger partial charge on any atom is -0.493 e. The highest BCUT2D eigenvalue weighted by atomic mass is 16.5. The number of benzene rings is 3. The quantitative estimate of drug-likeness (QED) is 0.677. The lowest BCUT2D eigenvalue weighted by Crippen LogP contribution is -2.16. The van der Waals surface area contributed by atoms with Crippen molar-refractivity contribution in [2.24, 2.45) is 0 Å². The number of nitrogens with one attached hydrogen (secondary N) is 1. The van der Waals surface area contributed by atoms with E-state index in [1.165, 1.54) is 12.0 Å². The molecule has 0 aliphatic rings. The van der Waals surface area contributed by atoms with Crippen molar-refractivity contribution in [1.82, 2.24) is 0 Å². The molecule has 27 heavy (non-hydrogen) atoms. The number of hydrogen-bond donors (Lipinski definition) is 1. The fourth-order valence-electron chi connectivity index (χ4n) is 2.95. The Morgan fingerprint density at radius 3 is 2.37 bits per heavy atom. The van der Waals surface area contributed by atoms with Crippen LogP contribution in [0.25, 0.3) is 10.8 Å². The van der Waals surface area contributed by atoms with Crippen LogP contribution >= 0.6 is 0 Å². The predicted octanol–water partition coefficient (Wildman–Crippen LogP) is 3.70. The second-order valence-electron chi connectivity index (χ2n) is 5.92. The first kappa shape index (κ1) is 18.3. The summed E-state index contributed by atoms with van der Waals surface area (Å²) in [7, 11) is 4.74. The average Bonchev–Trinajstić information content (AvgIpc) is 2.72. The Balaban J connectivity index is 2.02. The number of methoxy groups -OCH3 is 2. The van der Waals surface area contributed by atoms with Crippen molar-refractivity contribution in [3.05, 3.63) is 60.2 Å². The van der Waals surface area contributed by atoms with Gasteiger partial charge in [-0.15, -0.1) is 0 Å². The van der Waals surface area contributed by atoms with Gasteiger partial charge in [0.25, 0.3) is 5.91 Å². The van der Waals surface area contributed by atoms with E-state index in [2.05, 4.69) is 5.32 Å². The van der Waals surface area contributed by atoms with Gasteiger partial charge in [-0.25, -0.2) is 0 Å². The topological polar surface area (TPSA) is 67.9 Å². The summed E-state index contributed by atoms with van der Waals surface area (Å²) in [6.07, 6.45) is 0.738. The van der Waals surface area contributed by atoms with Gasteiger partial charge in [0, 0.05) is 18.0 Å². The van der Waals surface area contributed by atoms with Crippen molar-refractivity contribution < 1.29 is 19.1 Å². The fourth-order valence-corrected chi connectivity index (χ4v) is 2.95. The van der Waals surface area contributed by atoms with Gasteiger partial charge in [0.15, 0.2) is 11.5 Å². The molecule has 6 heteroatoms. The molecule has 0 aliphatic heterocycles. The highest BCUT2D eigenvalue weighted by Crippen LogP contribution is 2.33. The van der Waals surface area contributed by atoms with Crippen molar-refractivity contribution in [1.29, 1.82) is 0 Å². The second-order valence-corrected chi connectivity index (χ2v) is 5.92. The monoisotopic (exact) mass is 364 g/mol. The van der Waals surface area contributed by atoms with Crippen molar-refractivity contribution in [2.45, 2.75) is 0 Å². The molecule has 0 aromatic heterocycles. The van der Waals surface area contributed by atoms with Gasteiger partial charge >= 0.3 is 0 Å². The van der Waals surface area contributed by atoms with Gasteiger partial charge < -0.3 is 19.7 Å². The van der Waals surface area contributed by atoms with Crippen LogP contribution in [0.1, 0.15) is 10.4 Å². The Kier molecular flexibility index (Phi) is 5.26. The van der Waals surface area contributed by atoms with E-state index < -0.39 is 0 Å². The Morgan fingerprint density at radius 1 is 1.00 bits per heavy atom. The molecule has 2 amide bonds. The van der Waals surface area contributed by atoms with E-state index in [0.717, 1.165) is 17.2 Å². The zero-order valence-electron chi connectivity index (χ0n) is 15.4. The average molecular weight is 364 g/mol. The molecule has 0 unspecified atom stereocenters. The van der Waals surface area contributed by atoms with Gasteiger partial charge in [-0.2, -0.15) is 0 Å². The number of nitrogens with zero attached hydrogens (tertiary/aromatic N) is 1. The fraction of sp³-hybridized carbons (Fsp3) is 0.143. The Morgan fingerprint density at radius 2 is 1.70 bits per heavy atom. The highest BCUT2D eigenvalue weighted by Gasteiger charge is 2.14. The van der Waals surface area contributed by atoms with Gasteiger partial charge in [-0.3, -0.25) is 9.59 Å². The second kappa shape index (κ2) is 7.78. The maximum Gasteiger partial charge on any atom is 0.255 e. The number of rotatable bonds is 6. The Bertz CT molecular complexity index is 995. The summed E-state index contributed by atoms with van der Waals surface area (Å²) in [6, 6.07) is 16.2. The number of carbonyl (C=O) groups excluding carboxylic acids is 2. The van der Waals surface area contributed by atoms with E-state index in [4.69, 9.17) is 9.47 Å². The molecular weight excluding hydrogens is 344 g/mol. The lowest BCUT2D eigenvalue weighted by molar-refractivity contribution is -0.107. The molecule has 6 nitrogen and oxygen atoms in total. The van der Waals surface area contributed by atoms with Crippen LogP contribution in [0.3, 0.4) is 0 Å². The third-order valence-corrected chi connectivity index (χ3v) is 4.31. The van der Waals surface area contributed by atoms with E-state index in [0.29, 0.717) is 28.4 Å². The summed E-state index contributed by atoms with van der Waals surface area (Å²) < 4.78 is 10.5. The van der Waals surface area contributed by atoms with Gasteiger partial charge in [-0.1, -0.05) is 24.3 Å².